The van der Waals surface area contributed by atoms with Gasteiger partial charge < -0.3 is 54.7 Å². The maximum Gasteiger partial charge on any atom is 0.192 e. The number of aliphatic hydroxyl groups excluding tert-OH is 7. The first-order valence-corrected chi connectivity index (χ1v) is 7.00. The van der Waals surface area contributed by atoms with Crippen LogP contribution in [0.25, 0.3) is 0 Å². The number of aliphatic hydroxyl groups is 7. The molecule has 2 aliphatic heterocycles. The average molecular weight is 342 g/mol. The molecule has 10 atom stereocenters. The molecule has 10 unspecified atom stereocenters. The van der Waals surface area contributed by atoms with Crippen LogP contribution in [0.4, 0.5) is 0 Å². The fraction of sp³-hybridized carbons (Fsp3) is 1.00. The summed E-state index contributed by atoms with van der Waals surface area (Å²) in [6.07, 6.45) is -15.4. The molecule has 2 rings (SSSR count). The van der Waals surface area contributed by atoms with Crippen molar-refractivity contribution >= 4 is 0 Å². The third kappa shape index (κ3) is 3.65. The Morgan fingerprint density at radius 3 is 1.70 bits per heavy atom. The summed E-state index contributed by atoms with van der Waals surface area (Å²) in [5, 5.41) is 67.5. The van der Waals surface area contributed by atoms with E-state index in [0.717, 1.165) is 0 Å². The lowest BCUT2D eigenvalue weighted by Crippen LogP contribution is -2.63. The monoisotopic (exact) mass is 342 g/mol. The van der Waals surface area contributed by atoms with E-state index in [1.807, 2.05) is 0 Å². The lowest BCUT2D eigenvalue weighted by Gasteiger charge is -2.44. The molecular weight excluding hydrogens is 320 g/mol. The van der Waals surface area contributed by atoms with Gasteiger partial charge in [-0.2, -0.15) is 0 Å². The lowest BCUT2D eigenvalue weighted by molar-refractivity contribution is -0.396. The van der Waals surface area contributed by atoms with Gasteiger partial charge in [-0.05, 0) is 0 Å². The van der Waals surface area contributed by atoms with Crippen molar-refractivity contribution in [2.45, 2.75) is 61.6 Å². The Hall–Kier alpha value is -0.440. The maximum absolute atomic E-state index is 9.87. The molecule has 2 aliphatic rings. The van der Waals surface area contributed by atoms with E-state index in [-0.39, 0.29) is 0 Å². The molecule has 136 valence electrons. The van der Waals surface area contributed by atoms with Gasteiger partial charge >= 0.3 is 0 Å². The number of hydrogen-bond donors (Lipinski definition) is 7. The molecule has 0 aromatic carbocycles. The molecule has 2 heterocycles. The number of methoxy groups -OCH3 is 1. The third-order valence-electron chi connectivity index (χ3n) is 3.87. The Labute approximate surface area is 131 Å². The van der Waals surface area contributed by atoms with Gasteiger partial charge in [0.25, 0.3) is 0 Å². The van der Waals surface area contributed by atoms with Crippen molar-refractivity contribution in [3.8, 4) is 0 Å². The van der Waals surface area contributed by atoms with Crippen molar-refractivity contribution in [1.29, 1.82) is 0 Å². The van der Waals surface area contributed by atoms with Crippen LogP contribution in [0.5, 0.6) is 0 Å². The fourth-order valence-corrected chi connectivity index (χ4v) is 2.44. The second-order valence-corrected chi connectivity index (χ2v) is 5.41. The molecule has 0 bridgehead atoms. The van der Waals surface area contributed by atoms with E-state index in [2.05, 4.69) is 0 Å². The lowest BCUT2D eigenvalue weighted by atomic mass is 9.99. The van der Waals surface area contributed by atoms with E-state index < -0.39 is 68.2 Å². The summed E-state index contributed by atoms with van der Waals surface area (Å²) in [7, 11) is 1.20. The third-order valence-corrected chi connectivity index (χ3v) is 3.87. The van der Waals surface area contributed by atoms with Gasteiger partial charge in [0, 0.05) is 7.11 Å². The predicted octanol–water partition coefficient (Wildman–Crippen LogP) is -4.79. The van der Waals surface area contributed by atoms with E-state index in [1.165, 1.54) is 7.11 Å². The van der Waals surface area contributed by atoms with Gasteiger partial charge in [0.15, 0.2) is 18.9 Å². The highest BCUT2D eigenvalue weighted by Gasteiger charge is 2.49. The first-order valence-electron chi connectivity index (χ1n) is 7.00. The highest BCUT2D eigenvalue weighted by molar-refractivity contribution is 4.91. The Morgan fingerprint density at radius 1 is 0.696 bits per heavy atom. The minimum absolute atomic E-state index is 0.652. The van der Waals surface area contributed by atoms with Crippen LogP contribution in [-0.4, -0.2) is 111 Å². The highest BCUT2D eigenvalue weighted by atomic mass is 16.8. The van der Waals surface area contributed by atoms with Crippen LogP contribution < -0.4 is 0 Å². The van der Waals surface area contributed by atoms with Crippen molar-refractivity contribution in [3.05, 3.63) is 0 Å². The second-order valence-electron chi connectivity index (χ2n) is 5.41. The minimum atomic E-state index is -1.70. The standard InChI is InChI=1S/C12H22O11/c1-20-10-7(17)6(16)9(19)12(22-10)23-11-8(18)5(15)4(14)3(2-13)21-11/h3-19H,2H2,1H3. The van der Waals surface area contributed by atoms with Gasteiger partial charge in [-0.1, -0.05) is 0 Å². The van der Waals surface area contributed by atoms with Gasteiger partial charge in [0.2, 0.25) is 0 Å². The van der Waals surface area contributed by atoms with Gasteiger partial charge in [-0.25, -0.2) is 0 Å². The molecule has 0 aromatic rings. The highest BCUT2D eigenvalue weighted by Crippen LogP contribution is 2.28. The van der Waals surface area contributed by atoms with Crippen LogP contribution >= 0.6 is 0 Å². The van der Waals surface area contributed by atoms with Crippen LogP contribution in [0.3, 0.4) is 0 Å². The Kier molecular flexibility index (Phi) is 6.27. The zero-order valence-corrected chi connectivity index (χ0v) is 12.2. The number of hydrogen-bond acceptors (Lipinski definition) is 11. The molecule has 0 aromatic heterocycles. The molecule has 2 saturated heterocycles. The molecule has 0 radical (unpaired) electrons. The van der Waals surface area contributed by atoms with Gasteiger partial charge in [-0.3, -0.25) is 0 Å². The van der Waals surface area contributed by atoms with Crippen LogP contribution in [0.15, 0.2) is 0 Å². The minimum Gasteiger partial charge on any atom is -0.394 e. The van der Waals surface area contributed by atoms with Crippen LogP contribution in [0.2, 0.25) is 0 Å². The molecule has 11 nitrogen and oxygen atoms in total. The summed E-state index contributed by atoms with van der Waals surface area (Å²) in [5.41, 5.74) is 0. The topological polar surface area (TPSA) is 179 Å². The molecule has 11 heteroatoms. The van der Waals surface area contributed by atoms with Crippen LogP contribution in [0.1, 0.15) is 0 Å². The summed E-state index contributed by atoms with van der Waals surface area (Å²) >= 11 is 0. The van der Waals surface area contributed by atoms with Crippen LogP contribution in [-0.2, 0) is 18.9 Å². The molecule has 0 aliphatic carbocycles. The molecular formula is C12H22O11. The molecule has 0 amide bonds. The Morgan fingerprint density at radius 2 is 1.17 bits per heavy atom. The largest absolute Gasteiger partial charge is 0.394 e. The summed E-state index contributed by atoms with van der Waals surface area (Å²) in [6.45, 7) is -0.652. The van der Waals surface area contributed by atoms with Crippen molar-refractivity contribution < 1.29 is 54.7 Å². The van der Waals surface area contributed by atoms with E-state index in [1.54, 1.807) is 0 Å². The van der Waals surface area contributed by atoms with Crippen molar-refractivity contribution in [2.24, 2.45) is 0 Å². The van der Waals surface area contributed by atoms with Gasteiger partial charge in [0.1, 0.15) is 42.7 Å². The zero-order valence-electron chi connectivity index (χ0n) is 12.2. The SMILES string of the molecule is COC1OC(OC2OC(CO)C(O)C(O)C2O)C(O)C(O)C1O. The number of ether oxygens (including phenoxy) is 4. The number of rotatable bonds is 4. The smallest absolute Gasteiger partial charge is 0.192 e. The quantitative estimate of drug-likeness (QED) is 0.261. The van der Waals surface area contributed by atoms with Crippen molar-refractivity contribution in [3.63, 3.8) is 0 Å². The van der Waals surface area contributed by atoms with E-state index in [0.29, 0.717) is 0 Å². The Balaban J connectivity index is 2.07. The fourth-order valence-electron chi connectivity index (χ4n) is 2.44. The normalized spacial score (nSPS) is 51.7. The van der Waals surface area contributed by atoms with Gasteiger partial charge in [0.05, 0.1) is 6.61 Å². The predicted molar refractivity (Wildman–Crippen MR) is 68.5 cm³/mol. The summed E-state index contributed by atoms with van der Waals surface area (Å²) in [4.78, 5) is 0. The maximum atomic E-state index is 9.87. The molecule has 7 N–H and O–H groups in total. The average Bonchev–Trinajstić information content (AvgIpc) is 2.55. The van der Waals surface area contributed by atoms with Gasteiger partial charge in [-0.15, -0.1) is 0 Å². The summed E-state index contributed by atoms with van der Waals surface area (Å²) in [6, 6.07) is 0. The van der Waals surface area contributed by atoms with Crippen molar-refractivity contribution in [2.75, 3.05) is 13.7 Å². The first-order chi connectivity index (χ1) is 10.8. The van der Waals surface area contributed by atoms with E-state index in [4.69, 9.17) is 24.1 Å². The molecule has 23 heavy (non-hydrogen) atoms. The molecule has 0 spiro atoms. The van der Waals surface area contributed by atoms with E-state index in [9.17, 15) is 30.6 Å². The summed E-state index contributed by atoms with van der Waals surface area (Å²) < 4.78 is 20.2. The summed E-state index contributed by atoms with van der Waals surface area (Å²) in [5.74, 6) is 0. The van der Waals surface area contributed by atoms with E-state index >= 15 is 0 Å². The molecule has 2 fully saturated rings. The zero-order chi connectivity index (χ0) is 17.3. The Bertz CT molecular complexity index is 344. The van der Waals surface area contributed by atoms with Crippen LogP contribution in [0, 0.1) is 0 Å². The second kappa shape index (κ2) is 7.63. The first kappa shape index (κ1) is 18.9. The van der Waals surface area contributed by atoms with Crippen molar-refractivity contribution in [1.82, 2.24) is 0 Å². The molecule has 0 saturated carbocycles.